The number of aliphatic carboxylic acids is 1. The molecule has 1 N–H and O–H groups in total. The molecule has 1 unspecified atom stereocenters. The molecule has 1 amide bonds. The first-order valence-electron chi connectivity index (χ1n) is 5.64. The Labute approximate surface area is 105 Å². The smallest absolute Gasteiger partial charge is 0.326 e. The van der Waals surface area contributed by atoms with Crippen LogP contribution in [0.5, 0.6) is 0 Å². The Bertz CT molecular complexity index is 473. The molecule has 0 saturated heterocycles. The molecule has 0 radical (unpaired) electrons. The van der Waals surface area contributed by atoms with E-state index in [9.17, 15) is 14.0 Å². The molecule has 4 nitrogen and oxygen atoms in total. The summed E-state index contributed by atoms with van der Waals surface area (Å²) in [4.78, 5) is 24.2. The molecule has 1 atom stereocenters. The second kappa shape index (κ2) is 5.62. The quantitative estimate of drug-likeness (QED) is 0.893. The zero-order chi connectivity index (χ0) is 13.9. The van der Waals surface area contributed by atoms with Crippen LogP contribution < -0.4 is 0 Å². The Hall–Kier alpha value is -1.91. The first-order chi connectivity index (χ1) is 8.38. The van der Waals surface area contributed by atoms with E-state index in [4.69, 9.17) is 5.11 Å². The lowest BCUT2D eigenvalue weighted by Gasteiger charge is -2.23. The summed E-state index contributed by atoms with van der Waals surface area (Å²) in [7, 11) is 1.43. The highest BCUT2D eigenvalue weighted by molar-refractivity contribution is 5.96. The predicted molar refractivity (Wildman–Crippen MR) is 64.9 cm³/mol. The van der Waals surface area contributed by atoms with Crippen LogP contribution in [0.3, 0.4) is 0 Å². The van der Waals surface area contributed by atoms with Crippen LogP contribution in [-0.2, 0) is 4.79 Å². The third-order valence-corrected chi connectivity index (χ3v) is 2.86. The number of hydrogen-bond donors (Lipinski definition) is 1. The number of carboxylic acids is 1. The lowest BCUT2D eigenvalue weighted by atomic mass is 10.1. The number of benzene rings is 1. The minimum absolute atomic E-state index is 0.288. The van der Waals surface area contributed by atoms with E-state index < -0.39 is 17.9 Å². The Balaban J connectivity index is 2.99. The van der Waals surface area contributed by atoms with Gasteiger partial charge in [-0.05, 0) is 37.1 Å². The van der Waals surface area contributed by atoms with E-state index in [0.717, 1.165) is 4.90 Å². The zero-order valence-electron chi connectivity index (χ0n) is 10.6. The van der Waals surface area contributed by atoms with Crippen LogP contribution in [0.15, 0.2) is 18.2 Å². The Morgan fingerprint density at radius 2 is 2.06 bits per heavy atom. The van der Waals surface area contributed by atoms with Gasteiger partial charge in [0.25, 0.3) is 5.91 Å². The number of nitrogens with zero attached hydrogens (tertiary/aromatic N) is 1. The number of carbonyl (C=O) groups is 2. The number of amides is 1. The van der Waals surface area contributed by atoms with Crippen LogP contribution >= 0.6 is 0 Å². The van der Waals surface area contributed by atoms with Crippen LogP contribution in [0.2, 0.25) is 0 Å². The molecule has 1 aromatic rings. The summed E-state index contributed by atoms with van der Waals surface area (Å²) in [6.07, 6.45) is 0.317. The molecule has 0 saturated carbocycles. The van der Waals surface area contributed by atoms with Crippen LogP contribution in [-0.4, -0.2) is 35.0 Å². The summed E-state index contributed by atoms with van der Waals surface area (Å²) >= 11 is 0. The summed E-state index contributed by atoms with van der Waals surface area (Å²) in [5, 5.41) is 8.98. The Morgan fingerprint density at radius 3 is 2.50 bits per heavy atom. The fraction of sp³-hybridized carbons (Fsp3) is 0.385. The fourth-order valence-electron chi connectivity index (χ4n) is 1.74. The molecule has 0 aliphatic heterocycles. The van der Waals surface area contributed by atoms with E-state index in [1.807, 2.05) is 0 Å². The largest absolute Gasteiger partial charge is 0.480 e. The van der Waals surface area contributed by atoms with Gasteiger partial charge in [0.2, 0.25) is 0 Å². The van der Waals surface area contributed by atoms with E-state index in [2.05, 4.69) is 0 Å². The number of carboxylic acid groups (broad SMARTS) is 1. The maximum atomic E-state index is 13.1. The topological polar surface area (TPSA) is 57.6 Å². The normalized spacial score (nSPS) is 12.0. The van der Waals surface area contributed by atoms with Crippen LogP contribution in [0.1, 0.15) is 29.3 Å². The molecule has 5 heteroatoms. The summed E-state index contributed by atoms with van der Waals surface area (Å²) in [5.41, 5.74) is 0.647. The van der Waals surface area contributed by atoms with Gasteiger partial charge in [-0.3, -0.25) is 4.79 Å². The molecule has 0 fully saturated rings. The molecule has 0 heterocycles. The maximum Gasteiger partial charge on any atom is 0.326 e. The second-order valence-electron chi connectivity index (χ2n) is 4.14. The fourth-order valence-corrected chi connectivity index (χ4v) is 1.74. The van der Waals surface area contributed by atoms with Crippen LogP contribution in [0.25, 0.3) is 0 Å². The van der Waals surface area contributed by atoms with Crippen molar-refractivity contribution in [1.29, 1.82) is 0 Å². The van der Waals surface area contributed by atoms with Crippen molar-refractivity contribution < 1.29 is 19.1 Å². The van der Waals surface area contributed by atoms with Gasteiger partial charge in [-0.1, -0.05) is 6.92 Å². The van der Waals surface area contributed by atoms with E-state index >= 15 is 0 Å². The Morgan fingerprint density at radius 1 is 1.44 bits per heavy atom. The molecular weight excluding hydrogens is 237 g/mol. The molecule has 18 heavy (non-hydrogen) atoms. The van der Waals surface area contributed by atoms with Crippen molar-refractivity contribution in [3.05, 3.63) is 35.1 Å². The molecule has 98 valence electrons. The maximum absolute atomic E-state index is 13.1. The molecule has 1 aromatic carbocycles. The standard InChI is InChI=1S/C13H16FNO3/c1-4-11(13(17)18)15(3)12(16)9-5-6-10(14)8(2)7-9/h5-7,11H,4H2,1-3H3,(H,17,18). The molecule has 0 aliphatic rings. The van der Waals surface area contributed by atoms with Crippen molar-refractivity contribution >= 4 is 11.9 Å². The highest BCUT2D eigenvalue weighted by Crippen LogP contribution is 2.13. The van der Waals surface area contributed by atoms with Crippen LogP contribution in [0, 0.1) is 12.7 Å². The van der Waals surface area contributed by atoms with Gasteiger partial charge >= 0.3 is 5.97 Å². The minimum Gasteiger partial charge on any atom is -0.480 e. The zero-order valence-corrected chi connectivity index (χ0v) is 10.6. The monoisotopic (exact) mass is 253 g/mol. The van der Waals surface area contributed by atoms with Crippen molar-refractivity contribution in [2.24, 2.45) is 0 Å². The van der Waals surface area contributed by atoms with E-state index in [1.165, 1.54) is 25.2 Å². The van der Waals surface area contributed by atoms with Crippen molar-refractivity contribution in [3.8, 4) is 0 Å². The SMILES string of the molecule is CCC(C(=O)O)N(C)C(=O)c1ccc(F)c(C)c1. The van der Waals surface area contributed by atoms with E-state index in [-0.39, 0.29) is 11.4 Å². The first-order valence-corrected chi connectivity index (χ1v) is 5.64. The lowest BCUT2D eigenvalue weighted by molar-refractivity contribution is -0.142. The van der Waals surface area contributed by atoms with Gasteiger partial charge in [-0.2, -0.15) is 0 Å². The predicted octanol–water partition coefficient (Wildman–Crippen LogP) is 2.07. The molecule has 0 spiro atoms. The van der Waals surface area contributed by atoms with Crippen molar-refractivity contribution in [1.82, 2.24) is 4.90 Å². The number of aryl methyl sites for hydroxylation is 1. The van der Waals surface area contributed by atoms with Gasteiger partial charge < -0.3 is 10.0 Å². The molecule has 1 rings (SSSR count). The summed E-state index contributed by atoms with van der Waals surface area (Å²) < 4.78 is 13.1. The first kappa shape index (κ1) is 14.2. The average Bonchev–Trinajstić information content (AvgIpc) is 2.32. The molecule has 0 bridgehead atoms. The third kappa shape index (κ3) is 2.85. The van der Waals surface area contributed by atoms with E-state index in [1.54, 1.807) is 13.8 Å². The van der Waals surface area contributed by atoms with Crippen molar-refractivity contribution in [2.45, 2.75) is 26.3 Å². The van der Waals surface area contributed by atoms with Gasteiger partial charge in [-0.15, -0.1) is 0 Å². The van der Waals surface area contributed by atoms with Crippen molar-refractivity contribution in [2.75, 3.05) is 7.05 Å². The van der Waals surface area contributed by atoms with Gasteiger partial charge in [0.05, 0.1) is 0 Å². The lowest BCUT2D eigenvalue weighted by Crippen LogP contribution is -2.42. The minimum atomic E-state index is -1.05. The Kier molecular flexibility index (Phi) is 4.42. The second-order valence-corrected chi connectivity index (χ2v) is 4.14. The summed E-state index contributed by atoms with van der Waals surface area (Å²) in [6.45, 7) is 3.25. The molecule has 0 aliphatic carbocycles. The summed E-state index contributed by atoms with van der Waals surface area (Å²) in [5.74, 6) is -1.86. The van der Waals surface area contributed by atoms with Gasteiger partial charge in [0, 0.05) is 12.6 Å². The number of halogens is 1. The van der Waals surface area contributed by atoms with Gasteiger partial charge in [-0.25, -0.2) is 9.18 Å². The number of rotatable bonds is 4. The van der Waals surface area contributed by atoms with Gasteiger partial charge in [0.1, 0.15) is 11.9 Å². The highest BCUT2D eigenvalue weighted by atomic mass is 19.1. The third-order valence-electron chi connectivity index (χ3n) is 2.86. The number of carbonyl (C=O) groups excluding carboxylic acids is 1. The van der Waals surface area contributed by atoms with Gasteiger partial charge in [0.15, 0.2) is 0 Å². The highest BCUT2D eigenvalue weighted by Gasteiger charge is 2.25. The molecule has 0 aromatic heterocycles. The van der Waals surface area contributed by atoms with E-state index in [0.29, 0.717) is 12.0 Å². The van der Waals surface area contributed by atoms with Crippen molar-refractivity contribution in [3.63, 3.8) is 0 Å². The molecular formula is C13H16FNO3. The number of hydrogen-bond acceptors (Lipinski definition) is 2. The van der Waals surface area contributed by atoms with Crippen LogP contribution in [0.4, 0.5) is 4.39 Å². The average molecular weight is 253 g/mol. The summed E-state index contributed by atoms with van der Waals surface area (Å²) in [6, 6.07) is 3.11. The number of likely N-dealkylation sites (N-methyl/N-ethyl adjacent to an activating group) is 1.